The minimum absolute atomic E-state index is 0.0648. The number of halogens is 1. The third-order valence-corrected chi connectivity index (χ3v) is 6.65. The zero-order chi connectivity index (χ0) is 19.6. The third kappa shape index (κ3) is 5.54. The highest BCUT2D eigenvalue weighted by atomic mass is 79.9. The fourth-order valence-electron chi connectivity index (χ4n) is 3.01. The van der Waals surface area contributed by atoms with Gasteiger partial charge >= 0.3 is 0 Å². The van der Waals surface area contributed by atoms with Crippen molar-refractivity contribution in [1.82, 2.24) is 9.80 Å². The number of benzene rings is 1. The number of sulfonamides is 1. The smallest absolute Gasteiger partial charge is 0.254 e. The lowest BCUT2D eigenvalue weighted by Gasteiger charge is -2.34. The number of thiophene rings is 1. The summed E-state index contributed by atoms with van der Waals surface area (Å²) in [6.07, 6.45) is 1.10. The van der Waals surface area contributed by atoms with Gasteiger partial charge in [-0.05, 0) is 52.7 Å². The van der Waals surface area contributed by atoms with E-state index in [1.54, 1.807) is 29.5 Å². The Kier molecular flexibility index (Phi) is 6.25. The number of carbonyl (C=O) groups excluding carboxylic acids is 1. The number of piperazine rings is 1. The van der Waals surface area contributed by atoms with Gasteiger partial charge in [0.1, 0.15) is 0 Å². The van der Waals surface area contributed by atoms with Gasteiger partial charge in [-0.25, -0.2) is 8.42 Å². The Balaban J connectivity index is 1.63. The molecule has 27 heavy (non-hydrogen) atoms. The quantitative estimate of drug-likeness (QED) is 0.726. The Labute approximate surface area is 172 Å². The second-order valence-corrected chi connectivity index (χ2v) is 11.0. The molecule has 2 heterocycles. The average Bonchev–Trinajstić information content (AvgIpc) is 3.00. The highest BCUT2D eigenvalue weighted by Crippen LogP contribution is 2.24. The first kappa shape index (κ1) is 20.3. The molecule has 9 heteroatoms. The number of nitrogens with one attached hydrogen (secondary N) is 1. The molecule has 2 aromatic rings. The molecule has 0 radical (unpaired) electrons. The molecule has 3 rings (SSSR count). The predicted molar refractivity (Wildman–Crippen MR) is 113 cm³/mol. The van der Waals surface area contributed by atoms with E-state index in [0.717, 1.165) is 35.2 Å². The molecule has 1 amide bonds. The predicted octanol–water partition coefficient (Wildman–Crippen LogP) is 3.15. The second-order valence-electron chi connectivity index (χ2n) is 6.68. The Morgan fingerprint density at radius 2 is 1.89 bits per heavy atom. The zero-order valence-electron chi connectivity index (χ0n) is 15.2. The van der Waals surface area contributed by atoms with Crippen LogP contribution in [0, 0.1) is 6.92 Å². The SMILES string of the molecule is Cc1ccc(C(=O)N2CCN(Cc3ccc(Br)s3)CC2)cc1NS(C)(=O)=O. The minimum Gasteiger partial charge on any atom is -0.336 e. The summed E-state index contributed by atoms with van der Waals surface area (Å²) in [6, 6.07) is 9.31. The van der Waals surface area contributed by atoms with Crippen molar-refractivity contribution < 1.29 is 13.2 Å². The van der Waals surface area contributed by atoms with Crippen molar-refractivity contribution in [2.75, 3.05) is 37.2 Å². The molecular weight excluding hydrogens is 450 g/mol. The van der Waals surface area contributed by atoms with Gasteiger partial charge in [0.15, 0.2) is 0 Å². The molecule has 1 aliphatic heterocycles. The molecule has 0 atom stereocenters. The molecule has 0 unspecified atom stereocenters. The van der Waals surface area contributed by atoms with Crippen molar-refractivity contribution >= 4 is 48.9 Å². The minimum atomic E-state index is -3.39. The number of aryl methyl sites for hydroxylation is 1. The summed E-state index contributed by atoms with van der Waals surface area (Å²) in [7, 11) is -3.39. The summed E-state index contributed by atoms with van der Waals surface area (Å²) in [4.78, 5) is 18.3. The maximum Gasteiger partial charge on any atom is 0.254 e. The molecule has 1 aromatic heterocycles. The van der Waals surface area contributed by atoms with Gasteiger partial charge in [-0.3, -0.25) is 14.4 Å². The number of carbonyl (C=O) groups is 1. The molecule has 1 N–H and O–H groups in total. The Morgan fingerprint density at radius 1 is 1.19 bits per heavy atom. The van der Waals surface area contributed by atoms with Crippen LogP contribution in [0.5, 0.6) is 0 Å². The van der Waals surface area contributed by atoms with Crippen LogP contribution in [-0.4, -0.2) is 56.6 Å². The monoisotopic (exact) mass is 471 g/mol. The molecule has 1 aliphatic rings. The molecule has 146 valence electrons. The van der Waals surface area contributed by atoms with Gasteiger partial charge in [-0.15, -0.1) is 11.3 Å². The Bertz CT molecular complexity index is 935. The van der Waals surface area contributed by atoms with Gasteiger partial charge in [0.2, 0.25) is 10.0 Å². The fraction of sp³-hybridized carbons (Fsp3) is 0.389. The number of anilines is 1. The Morgan fingerprint density at radius 3 is 2.48 bits per heavy atom. The third-order valence-electron chi connectivity index (χ3n) is 4.45. The first-order chi connectivity index (χ1) is 12.7. The van der Waals surface area contributed by atoms with Crippen molar-refractivity contribution in [3.8, 4) is 0 Å². The summed E-state index contributed by atoms with van der Waals surface area (Å²) in [6.45, 7) is 5.67. The van der Waals surface area contributed by atoms with Crippen LogP contribution >= 0.6 is 27.3 Å². The Hall–Kier alpha value is -1.42. The highest BCUT2D eigenvalue weighted by Gasteiger charge is 2.23. The maximum absolute atomic E-state index is 12.8. The largest absolute Gasteiger partial charge is 0.336 e. The number of amides is 1. The van der Waals surface area contributed by atoms with E-state index >= 15 is 0 Å². The van der Waals surface area contributed by atoms with Crippen LogP contribution in [0.2, 0.25) is 0 Å². The lowest BCUT2D eigenvalue weighted by Crippen LogP contribution is -2.48. The van der Waals surface area contributed by atoms with E-state index in [-0.39, 0.29) is 5.91 Å². The molecule has 0 bridgehead atoms. The van der Waals surface area contributed by atoms with E-state index in [0.29, 0.717) is 24.3 Å². The summed E-state index contributed by atoms with van der Waals surface area (Å²) in [5.41, 5.74) is 1.73. The molecule has 0 spiro atoms. The van der Waals surface area contributed by atoms with Crippen LogP contribution in [0.4, 0.5) is 5.69 Å². The standard InChI is InChI=1S/C18H22BrN3O3S2/c1-13-3-4-14(11-16(13)20-27(2,24)25)18(23)22-9-7-21(8-10-22)12-15-5-6-17(19)26-15/h3-6,11,20H,7-10,12H2,1-2H3. The van der Waals surface area contributed by atoms with E-state index in [9.17, 15) is 13.2 Å². The highest BCUT2D eigenvalue weighted by molar-refractivity contribution is 9.11. The van der Waals surface area contributed by atoms with Gasteiger partial charge in [-0.2, -0.15) is 0 Å². The van der Waals surface area contributed by atoms with Crippen LogP contribution in [0.15, 0.2) is 34.1 Å². The van der Waals surface area contributed by atoms with Crippen LogP contribution in [-0.2, 0) is 16.6 Å². The van der Waals surface area contributed by atoms with E-state index in [1.165, 1.54) is 4.88 Å². The summed E-state index contributed by atoms with van der Waals surface area (Å²) in [5.74, 6) is -0.0648. The van der Waals surface area contributed by atoms with Gasteiger partial charge in [0.05, 0.1) is 15.7 Å². The van der Waals surface area contributed by atoms with Crippen LogP contribution in [0.1, 0.15) is 20.8 Å². The van der Waals surface area contributed by atoms with Crippen molar-refractivity contribution in [3.05, 3.63) is 50.1 Å². The summed E-state index contributed by atoms with van der Waals surface area (Å²) in [5, 5.41) is 0. The van der Waals surface area contributed by atoms with E-state index in [4.69, 9.17) is 0 Å². The zero-order valence-corrected chi connectivity index (χ0v) is 18.5. The molecule has 1 fully saturated rings. The number of hydrogen-bond donors (Lipinski definition) is 1. The molecule has 6 nitrogen and oxygen atoms in total. The van der Waals surface area contributed by atoms with Gasteiger partial charge in [0, 0.05) is 43.2 Å². The molecule has 0 aliphatic carbocycles. The fourth-order valence-corrected chi connectivity index (χ4v) is 5.16. The number of nitrogens with zero attached hydrogens (tertiary/aromatic N) is 2. The van der Waals surface area contributed by atoms with Crippen LogP contribution < -0.4 is 4.72 Å². The van der Waals surface area contributed by atoms with Crippen molar-refractivity contribution in [3.63, 3.8) is 0 Å². The average molecular weight is 472 g/mol. The van der Waals surface area contributed by atoms with Crippen molar-refractivity contribution in [2.45, 2.75) is 13.5 Å². The summed E-state index contributed by atoms with van der Waals surface area (Å²) < 4.78 is 26.6. The van der Waals surface area contributed by atoms with Gasteiger partial charge in [-0.1, -0.05) is 6.07 Å². The van der Waals surface area contributed by atoms with Crippen molar-refractivity contribution in [2.24, 2.45) is 0 Å². The van der Waals surface area contributed by atoms with E-state index < -0.39 is 10.0 Å². The first-order valence-corrected chi connectivity index (χ1v) is 12.1. The normalized spacial score (nSPS) is 15.7. The maximum atomic E-state index is 12.8. The van der Waals surface area contributed by atoms with Gasteiger partial charge in [0.25, 0.3) is 5.91 Å². The molecule has 0 saturated carbocycles. The lowest BCUT2D eigenvalue weighted by atomic mass is 10.1. The first-order valence-electron chi connectivity index (χ1n) is 8.55. The summed E-state index contributed by atoms with van der Waals surface area (Å²) >= 11 is 5.22. The van der Waals surface area contributed by atoms with Crippen LogP contribution in [0.25, 0.3) is 0 Å². The van der Waals surface area contributed by atoms with Gasteiger partial charge < -0.3 is 4.90 Å². The topological polar surface area (TPSA) is 69.7 Å². The van der Waals surface area contributed by atoms with Crippen molar-refractivity contribution in [1.29, 1.82) is 0 Å². The molecule has 1 saturated heterocycles. The van der Waals surface area contributed by atoms with Crippen LogP contribution in [0.3, 0.4) is 0 Å². The number of hydrogen-bond acceptors (Lipinski definition) is 5. The number of rotatable bonds is 5. The second kappa shape index (κ2) is 8.30. The molecular formula is C18H22BrN3O3S2. The van der Waals surface area contributed by atoms with E-state index in [1.807, 2.05) is 11.8 Å². The van der Waals surface area contributed by atoms with E-state index in [2.05, 4.69) is 37.7 Å². The molecule has 1 aromatic carbocycles. The lowest BCUT2D eigenvalue weighted by molar-refractivity contribution is 0.0629.